The molecule has 0 unspecified atom stereocenters. The number of nitrogens with one attached hydrogen (secondary N) is 1. The first-order valence-corrected chi connectivity index (χ1v) is 7.52. The lowest BCUT2D eigenvalue weighted by Crippen LogP contribution is -2.43. The van der Waals surface area contributed by atoms with Crippen molar-refractivity contribution < 1.29 is 18.8 Å². The van der Waals surface area contributed by atoms with Gasteiger partial charge in [-0.25, -0.2) is 4.79 Å². The Labute approximate surface area is 130 Å². The molecule has 1 N–H and O–H groups in total. The van der Waals surface area contributed by atoms with Crippen LogP contribution in [0.2, 0.25) is 0 Å². The highest BCUT2D eigenvalue weighted by molar-refractivity contribution is 5.91. The molecule has 2 rings (SSSR count). The Kier molecular flexibility index (Phi) is 5.05. The van der Waals surface area contributed by atoms with E-state index in [0.717, 1.165) is 12.8 Å². The van der Waals surface area contributed by atoms with E-state index in [9.17, 15) is 9.59 Å². The molecule has 1 aromatic heterocycles. The third-order valence-corrected chi connectivity index (χ3v) is 3.48. The number of hydrogen-bond acceptors (Lipinski definition) is 5. The Morgan fingerprint density at radius 1 is 1.41 bits per heavy atom. The first-order valence-electron chi connectivity index (χ1n) is 7.52. The summed E-state index contributed by atoms with van der Waals surface area (Å²) < 4.78 is 10.2. The van der Waals surface area contributed by atoms with Gasteiger partial charge >= 0.3 is 6.09 Å². The molecule has 7 nitrogen and oxygen atoms in total. The second-order valence-corrected chi connectivity index (χ2v) is 6.50. The Morgan fingerprint density at radius 3 is 2.64 bits per heavy atom. The van der Waals surface area contributed by atoms with Crippen LogP contribution < -0.4 is 5.32 Å². The molecule has 122 valence electrons. The van der Waals surface area contributed by atoms with Crippen LogP contribution in [0.25, 0.3) is 0 Å². The number of carbonyl (C=O) groups excluding carboxylic acids is 2. The minimum Gasteiger partial charge on any atom is -0.444 e. The summed E-state index contributed by atoms with van der Waals surface area (Å²) in [7, 11) is 0. The van der Waals surface area contributed by atoms with Crippen molar-refractivity contribution >= 4 is 12.0 Å². The van der Waals surface area contributed by atoms with Crippen molar-refractivity contribution in [1.29, 1.82) is 0 Å². The number of carbonyl (C=O) groups is 2. The van der Waals surface area contributed by atoms with E-state index < -0.39 is 5.60 Å². The summed E-state index contributed by atoms with van der Waals surface area (Å²) in [4.78, 5) is 25.4. The van der Waals surface area contributed by atoms with Crippen molar-refractivity contribution in [3.8, 4) is 0 Å². The van der Waals surface area contributed by atoms with Crippen molar-refractivity contribution in [2.24, 2.45) is 5.92 Å². The highest BCUT2D eigenvalue weighted by Gasteiger charge is 2.27. The summed E-state index contributed by atoms with van der Waals surface area (Å²) in [6.07, 6.45) is 2.86. The molecule has 7 heteroatoms. The fourth-order valence-electron chi connectivity index (χ4n) is 2.30. The maximum Gasteiger partial charge on any atom is 0.410 e. The van der Waals surface area contributed by atoms with Crippen LogP contribution in [0.4, 0.5) is 4.79 Å². The molecule has 22 heavy (non-hydrogen) atoms. The van der Waals surface area contributed by atoms with Crippen molar-refractivity contribution in [1.82, 2.24) is 15.4 Å². The highest BCUT2D eigenvalue weighted by Crippen LogP contribution is 2.19. The maximum atomic E-state index is 12.0. The predicted molar refractivity (Wildman–Crippen MR) is 79.4 cm³/mol. The molecule has 0 atom stereocenters. The van der Waals surface area contributed by atoms with Crippen LogP contribution in [-0.4, -0.2) is 47.3 Å². The first kappa shape index (κ1) is 16.3. The number of amides is 2. The van der Waals surface area contributed by atoms with Crippen molar-refractivity contribution in [2.45, 2.75) is 39.2 Å². The average molecular weight is 309 g/mol. The van der Waals surface area contributed by atoms with Crippen LogP contribution in [0.1, 0.15) is 44.2 Å². The lowest BCUT2D eigenvalue weighted by atomic mass is 9.97. The van der Waals surface area contributed by atoms with Gasteiger partial charge in [0.05, 0.1) is 6.20 Å². The SMILES string of the molecule is CC(C)(C)OC(=O)N1CCC(CNC(=O)c2ccno2)CC1. The van der Waals surface area contributed by atoms with E-state index in [4.69, 9.17) is 9.26 Å². The van der Waals surface area contributed by atoms with Gasteiger partial charge < -0.3 is 19.5 Å². The van der Waals surface area contributed by atoms with Gasteiger partial charge in [0, 0.05) is 25.7 Å². The van der Waals surface area contributed by atoms with Crippen molar-refractivity contribution in [2.75, 3.05) is 19.6 Å². The Balaban J connectivity index is 1.71. The summed E-state index contributed by atoms with van der Waals surface area (Å²) in [6, 6.07) is 1.53. The molecule has 1 aliphatic rings. The van der Waals surface area contributed by atoms with E-state index in [2.05, 4.69) is 10.5 Å². The van der Waals surface area contributed by atoms with Gasteiger partial charge in [-0.05, 0) is 39.5 Å². The summed E-state index contributed by atoms with van der Waals surface area (Å²) >= 11 is 0. The summed E-state index contributed by atoms with van der Waals surface area (Å²) in [5, 5.41) is 6.33. The van der Waals surface area contributed by atoms with Crippen LogP contribution in [0.3, 0.4) is 0 Å². The Bertz CT molecular complexity index is 499. The fourth-order valence-corrected chi connectivity index (χ4v) is 2.30. The zero-order chi connectivity index (χ0) is 16.2. The third kappa shape index (κ3) is 4.75. The standard InChI is InChI=1S/C15H23N3O4/c1-15(2,3)21-14(20)18-8-5-11(6-9-18)10-16-13(19)12-4-7-17-22-12/h4,7,11H,5-6,8-10H2,1-3H3,(H,16,19). The smallest absolute Gasteiger partial charge is 0.410 e. The second-order valence-electron chi connectivity index (χ2n) is 6.50. The van der Waals surface area contributed by atoms with Gasteiger partial charge in [0.1, 0.15) is 5.60 Å². The molecular weight excluding hydrogens is 286 g/mol. The van der Waals surface area contributed by atoms with Gasteiger partial charge in [-0.3, -0.25) is 4.79 Å². The van der Waals surface area contributed by atoms with Gasteiger partial charge in [0.2, 0.25) is 5.76 Å². The number of ether oxygens (including phenoxy) is 1. The monoisotopic (exact) mass is 309 g/mol. The van der Waals surface area contributed by atoms with Crippen LogP contribution in [0.5, 0.6) is 0 Å². The van der Waals surface area contributed by atoms with E-state index in [1.165, 1.54) is 12.3 Å². The lowest BCUT2D eigenvalue weighted by molar-refractivity contribution is 0.0183. The number of hydrogen-bond donors (Lipinski definition) is 1. The first-order chi connectivity index (χ1) is 10.3. The summed E-state index contributed by atoms with van der Waals surface area (Å²) in [5.74, 6) is 0.309. The fraction of sp³-hybridized carbons (Fsp3) is 0.667. The Morgan fingerprint density at radius 2 is 2.09 bits per heavy atom. The largest absolute Gasteiger partial charge is 0.444 e. The number of likely N-dealkylation sites (tertiary alicyclic amines) is 1. The van der Waals surface area contributed by atoms with Crippen LogP contribution in [0.15, 0.2) is 16.8 Å². The van der Waals surface area contributed by atoms with Crippen LogP contribution in [0, 0.1) is 5.92 Å². The molecule has 2 amide bonds. The molecule has 1 aliphatic heterocycles. The molecule has 1 fully saturated rings. The van der Waals surface area contributed by atoms with E-state index in [1.807, 2.05) is 20.8 Å². The zero-order valence-electron chi connectivity index (χ0n) is 13.3. The van der Waals surface area contributed by atoms with E-state index in [-0.39, 0.29) is 17.8 Å². The number of rotatable bonds is 3. The predicted octanol–water partition coefficient (Wildman–Crippen LogP) is 2.05. The highest BCUT2D eigenvalue weighted by atomic mass is 16.6. The Hall–Kier alpha value is -2.05. The molecule has 0 spiro atoms. The van der Waals surface area contributed by atoms with Gasteiger partial charge in [0.25, 0.3) is 5.91 Å². The summed E-state index contributed by atoms with van der Waals surface area (Å²) in [6.45, 7) is 7.45. The molecule has 1 aromatic rings. The van der Waals surface area contributed by atoms with E-state index >= 15 is 0 Å². The van der Waals surface area contributed by atoms with Gasteiger partial charge in [-0.2, -0.15) is 0 Å². The van der Waals surface area contributed by atoms with E-state index in [0.29, 0.717) is 25.6 Å². The van der Waals surface area contributed by atoms with Gasteiger partial charge in [-0.15, -0.1) is 0 Å². The minimum absolute atomic E-state index is 0.214. The van der Waals surface area contributed by atoms with Crippen LogP contribution >= 0.6 is 0 Å². The van der Waals surface area contributed by atoms with Gasteiger partial charge in [0.15, 0.2) is 0 Å². The molecule has 0 aliphatic carbocycles. The van der Waals surface area contributed by atoms with Gasteiger partial charge in [-0.1, -0.05) is 5.16 Å². The van der Waals surface area contributed by atoms with Crippen molar-refractivity contribution in [3.05, 3.63) is 18.0 Å². The molecule has 0 aromatic carbocycles. The number of aromatic nitrogens is 1. The van der Waals surface area contributed by atoms with Crippen LogP contribution in [-0.2, 0) is 4.74 Å². The van der Waals surface area contributed by atoms with Crippen molar-refractivity contribution in [3.63, 3.8) is 0 Å². The molecule has 0 saturated carbocycles. The molecule has 0 bridgehead atoms. The molecular formula is C15H23N3O4. The maximum absolute atomic E-state index is 12.0. The topological polar surface area (TPSA) is 84.7 Å². The molecule has 2 heterocycles. The number of piperidine rings is 1. The van der Waals surface area contributed by atoms with E-state index in [1.54, 1.807) is 4.90 Å². The minimum atomic E-state index is -0.473. The lowest BCUT2D eigenvalue weighted by Gasteiger charge is -2.33. The summed E-state index contributed by atoms with van der Waals surface area (Å²) in [5.41, 5.74) is -0.473. The third-order valence-electron chi connectivity index (χ3n) is 3.48. The number of nitrogens with zero attached hydrogens (tertiary/aromatic N) is 2. The molecule has 1 saturated heterocycles. The second kappa shape index (κ2) is 6.81. The molecule has 0 radical (unpaired) electrons. The average Bonchev–Trinajstić information content (AvgIpc) is 2.97. The quantitative estimate of drug-likeness (QED) is 0.923. The zero-order valence-corrected chi connectivity index (χ0v) is 13.3. The normalized spacial score (nSPS) is 16.4.